The third-order valence-electron chi connectivity index (χ3n) is 3.91. The van der Waals surface area contributed by atoms with Crippen molar-refractivity contribution in [1.82, 2.24) is 4.31 Å². The number of rotatable bonds is 3. The number of hydrogen-bond donors (Lipinski definition) is 0. The molecule has 3 rings (SSSR count). The van der Waals surface area contributed by atoms with Crippen LogP contribution in [0.25, 0.3) is 0 Å². The quantitative estimate of drug-likeness (QED) is 0.815. The Morgan fingerprint density at radius 2 is 1.83 bits per heavy atom. The van der Waals surface area contributed by atoms with Gasteiger partial charge in [-0.05, 0) is 30.2 Å². The number of halogens is 1. The van der Waals surface area contributed by atoms with E-state index in [4.69, 9.17) is 11.6 Å². The molecule has 122 valence electrons. The van der Waals surface area contributed by atoms with Crippen LogP contribution in [-0.4, -0.2) is 31.6 Å². The lowest BCUT2D eigenvalue weighted by molar-refractivity contribution is 0.428. The molecule has 1 saturated heterocycles. The second kappa shape index (κ2) is 7.26. The van der Waals surface area contributed by atoms with Gasteiger partial charge in [-0.2, -0.15) is 16.1 Å². The van der Waals surface area contributed by atoms with Crippen molar-refractivity contribution in [1.29, 1.82) is 0 Å². The standard InChI is InChI=1S/C17H18ClNO2S2/c18-15-7-4-8-16(13-15)23(20,21)19-10-9-17(22-12-11-19)14-5-2-1-3-6-14/h1-8,13,17H,9-12H2/t17-/m1/s1. The average molecular weight is 368 g/mol. The van der Waals surface area contributed by atoms with Crippen LogP contribution >= 0.6 is 23.4 Å². The summed E-state index contributed by atoms with van der Waals surface area (Å²) in [6, 6.07) is 16.8. The van der Waals surface area contributed by atoms with E-state index < -0.39 is 10.0 Å². The van der Waals surface area contributed by atoms with E-state index in [1.807, 2.05) is 30.0 Å². The Hall–Kier alpha value is -1.01. The highest BCUT2D eigenvalue weighted by Gasteiger charge is 2.28. The summed E-state index contributed by atoms with van der Waals surface area (Å²) in [7, 11) is -3.48. The maximum Gasteiger partial charge on any atom is 0.243 e. The molecule has 0 saturated carbocycles. The van der Waals surface area contributed by atoms with Gasteiger partial charge in [0.05, 0.1) is 4.90 Å². The van der Waals surface area contributed by atoms with E-state index in [-0.39, 0.29) is 4.90 Å². The Morgan fingerprint density at radius 1 is 1.04 bits per heavy atom. The molecule has 0 aromatic heterocycles. The van der Waals surface area contributed by atoms with Crippen molar-refractivity contribution in [3.8, 4) is 0 Å². The molecule has 1 heterocycles. The van der Waals surface area contributed by atoms with Crippen LogP contribution in [0.1, 0.15) is 17.2 Å². The molecule has 6 heteroatoms. The molecule has 1 aliphatic rings. The largest absolute Gasteiger partial charge is 0.243 e. The summed E-state index contributed by atoms with van der Waals surface area (Å²) >= 11 is 7.76. The van der Waals surface area contributed by atoms with Gasteiger partial charge in [-0.25, -0.2) is 8.42 Å². The predicted octanol–water partition coefficient (Wildman–Crippen LogP) is 4.21. The summed E-state index contributed by atoms with van der Waals surface area (Å²) in [6.45, 7) is 1.06. The summed E-state index contributed by atoms with van der Waals surface area (Å²) in [4.78, 5) is 0.271. The van der Waals surface area contributed by atoms with Crippen molar-refractivity contribution < 1.29 is 8.42 Å². The molecule has 0 unspecified atom stereocenters. The van der Waals surface area contributed by atoms with E-state index in [1.54, 1.807) is 22.5 Å². The highest BCUT2D eigenvalue weighted by molar-refractivity contribution is 7.99. The van der Waals surface area contributed by atoms with Crippen molar-refractivity contribution in [3.05, 3.63) is 65.2 Å². The first-order chi connectivity index (χ1) is 11.1. The van der Waals surface area contributed by atoms with Crippen molar-refractivity contribution in [3.63, 3.8) is 0 Å². The molecule has 1 aliphatic heterocycles. The van der Waals surface area contributed by atoms with Crippen molar-refractivity contribution in [2.45, 2.75) is 16.6 Å². The van der Waals surface area contributed by atoms with Gasteiger partial charge in [0.15, 0.2) is 0 Å². The maximum absolute atomic E-state index is 12.8. The van der Waals surface area contributed by atoms with E-state index in [0.717, 1.165) is 12.2 Å². The lowest BCUT2D eigenvalue weighted by Crippen LogP contribution is -2.33. The number of hydrogen-bond acceptors (Lipinski definition) is 3. The molecule has 0 N–H and O–H groups in total. The molecule has 0 aliphatic carbocycles. The van der Waals surface area contributed by atoms with Gasteiger partial charge in [-0.3, -0.25) is 0 Å². The third kappa shape index (κ3) is 3.91. The molecule has 0 amide bonds. The fourth-order valence-corrected chi connectivity index (χ4v) is 5.81. The molecule has 0 radical (unpaired) electrons. The van der Waals surface area contributed by atoms with Crippen LogP contribution < -0.4 is 0 Å². The maximum atomic E-state index is 12.8. The van der Waals surface area contributed by atoms with Gasteiger partial charge in [-0.15, -0.1) is 0 Å². The Bertz CT molecular complexity index is 765. The Balaban J connectivity index is 1.77. The smallest absolute Gasteiger partial charge is 0.207 e. The number of nitrogens with zero attached hydrogens (tertiary/aromatic N) is 1. The van der Waals surface area contributed by atoms with E-state index in [1.165, 1.54) is 11.6 Å². The first kappa shape index (κ1) is 16.8. The topological polar surface area (TPSA) is 37.4 Å². The van der Waals surface area contributed by atoms with Gasteiger partial charge in [0, 0.05) is 29.1 Å². The molecule has 23 heavy (non-hydrogen) atoms. The summed E-state index contributed by atoms with van der Waals surface area (Å²) in [5.41, 5.74) is 1.26. The molecule has 1 atom stereocenters. The molecule has 0 spiro atoms. The van der Waals surface area contributed by atoms with E-state index in [0.29, 0.717) is 23.4 Å². The molecule has 3 nitrogen and oxygen atoms in total. The fourth-order valence-electron chi connectivity index (χ4n) is 2.70. The van der Waals surface area contributed by atoms with Crippen molar-refractivity contribution in [2.24, 2.45) is 0 Å². The zero-order chi connectivity index (χ0) is 16.3. The average Bonchev–Trinajstić information content (AvgIpc) is 2.82. The zero-order valence-corrected chi connectivity index (χ0v) is 14.9. The lowest BCUT2D eigenvalue weighted by Gasteiger charge is -2.20. The fraction of sp³-hybridized carbons (Fsp3) is 0.294. The van der Waals surface area contributed by atoms with Gasteiger partial charge in [0.2, 0.25) is 10.0 Å². The predicted molar refractivity (Wildman–Crippen MR) is 96.5 cm³/mol. The van der Waals surface area contributed by atoms with Gasteiger partial charge in [-0.1, -0.05) is 48.0 Å². The minimum Gasteiger partial charge on any atom is -0.207 e. The molecule has 2 aromatic rings. The van der Waals surface area contributed by atoms with Crippen LogP contribution in [0.15, 0.2) is 59.5 Å². The third-order valence-corrected chi connectivity index (χ3v) is 7.36. The summed E-state index contributed by atoms with van der Waals surface area (Å²) in [5.74, 6) is 0.791. The summed E-state index contributed by atoms with van der Waals surface area (Å²) in [5, 5.41) is 0.785. The lowest BCUT2D eigenvalue weighted by atomic mass is 10.1. The van der Waals surface area contributed by atoms with Gasteiger partial charge >= 0.3 is 0 Å². The zero-order valence-electron chi connectivity index (χ0n) is 12.6. The normalized spacial score (nSPS) is 20.1. The minimum absolute atomic E-state index is 0.271. The monoisotopic (exact) mass is 367 g/mol. The highest BCUT2D eigenvalue weighted by Crippen LogP contribution is 2.35. The van der Waals surface area contributed by atoms with Crippen LogP contribution in [0, 0.1) is 0 Å². The molecular weight excluding hydrogens is 350 g/mol. The second-order valence-corrected chi connectivity index (χ2v) is 9.11. The first-order valence-electron chi connectivity index (χ1n) is 7.49. The molecule has 2 aromatic carbocycles. The van der Waals surface area contributed by atoms with Crippen molar-refractivity contribution in [2.75, 3.05) is 18.8 Å². The van der Waals surface area contributed by atoms with E-state index >= 15 is 0 Å². The SMILES string of the molecule is O=S(=O)(c1cccc(Cl)c1)N1CCS[C@@H](c2ccccc2)CC1. The van der Waals surface area contributed by atoms with E-state index in [2.05, 4.69) is 12.1 Å². The number of thioether (sulfide) groups is 1. The first-order valence-corrected chi connectivity index (χ1v) is 10.4. The summed E-state index contributed by atoms with van der Waals surface area (Å²) in [6.07, 6.45) is 0.814. The molecule has 1 fully saturated rings. The molecular formula is C17H18ClNO2S2. The van der Waals surface area contributed by atoms with Gasteiger partial charge < -0.3 is 0 Å². The van der Waals surface area contributed by atoms with Crippen LogP contribution in [0.3, 0.4) is 0 Å². The Morgan fingerprint density at radius 3 is 2.57 bits per heavy atom. The van der Waals surface area contributed by atoms with E-state index in [9.17, 15) is 8.42 Å². The summed E-state index contributed by atoms with van der Waals surface area (Å²) < 4.78 is 27.2. The van der Waals surface area contributed by atoms with Crippen LogP contribution in [0.5, 0.6) is 0 Å². The number of sulfonamides is 1. The highest BCUT2D eigenvalue weighted by atomic mass is 35.5. The Kier molecular flexibility index (Phi) is 5.31. The van der Waals surface area contributed by atoms with Gasteiger partial charge in [0.1, 0.15) is 0 Å². The van der Waals surface area contributed by atoms with Crippen molar-refractivity contribution >= 4 is 33.4 Å². The Labute approximate surface area is 146 Å². The minimum atomic E-state index is -3.48. The number of benzene rings is 2. The van der Waals surface area contributed by atoms with Crippen LogP contribution in [0.4, 0.5) is 0 Å². The van der Waals surface area contributed by atoms with Gasteiger partial charge in [0.25, 0.3) is 0 Å². The van der Waals surface area contributed by atoms with Crippen LogP contribution in [-0.2, 0) is 10.0 Å². The van der Waals surface area contributed by atoms with Crippen LogP contribution in [0.2, 0.25) is 5.02 Å². The second-order valence-electron chi connectivity index (χ2n) is 5.42. The molecule has 0 bridgehead atoms.